The van der Waals surface area contributed by atoms with E-state index < -0.39 is 0 Å². The molecule has 1 aromatic carbocycles. The van der Waals surface area contributed by atoms with Crippen LogP contribution in [0.15, 0.2) is 24.4 Å². The zero-order chi connectivity index (χ0) is 13.8. The van der Waals surface area contributed by atoms with Gasteiger partial charge in [-0.3, -0.25) is 4.79 Å². The summed E-state index contributed by atoms with van der Waals surface area (Å²) in [4.78, 5) is 11.7. The summed E-state index contributed by atoms with van der Waals surface area (Å²) < 4.78 is 14.7. The number of aromatic nitrogens is 3. The van der Waals surface area contributed by atoms with Crippen LogP contribution in [0.25, 0.3) is 0 Å². The number of rotatable bonds is 4. The van der Waals surface area contributed by atoms with E-state index in [0.29, 0.717) is 16.9 Å². The van der Waals surface area contributed by atoms with Crippen molar-refractivity contribution in [1.82, 2.24) is 15.0 Å². The first-order chi connectivity index (χ1) is 9.08. The largest absolute Gasteiger partial charge is 0.325 e. The lowest BCUT2D eigenvalue weighted by Gasteiger charge is -2.06. The van der Waals surface area contributed by atoms with Gasteiger partial charge in [-0.15, -0.1) is 5.10 Å². The van der Waals surface area contributed by atoms with Gasteiger partial charge >= 0.3 is 0 Å². The number of nitrogens with one attached hydrogen (secondary N) is 1. The summed E-state index contributed by atoms with van der Waals surface area (Å²) in [5, 5.41) is 10.1. The molecule has 7 heteroatoms. The van der Waals surface area contributed by atoms with Gasteiger partial charge < -0.3 is 11.1 Å². The van der Waals surface area contributed by atoms with Crippen LogP contribution in [-0.2, 0) is 17.9 Å². The van der Waals surface area contributed by atoms with Crippen molar-refractivity contribution in [2.24, 2.45) is 5.73 Å². The van der Waals surface area contributed by atoms with E-state index in [-0.39, 0.29) is 24.8 Å². The summed E-state index contributed by atoms with van der Waals surface area (Å²) in [6, 6.07) is 4.52. The van der Waals surface area contributed by atoms with E-state index in [4.69, 9.17) is 5.73 Å². The number of nitrogens with zero attached hydrogens (tertiary/aromatic N) is 3. The van der Waals surface area contributed by atoms with Crippen molar-refractivity contribution >= 4 is 11.6 Å². The highest BCUT2D eigenvalue weighted by molar-refractivity contribution is 5.90. The van der Waals surface area contributed by atoms with Gasteiger partial charge in [-0.1, -0.05) is 11.3 Å². The lowest BCUT2D eigenvalue weighted by molar-refractivity contribution is -0.116. The van der Waals surface area contributed by atoms with Gasteiger partial charge in [0.1, 0.15) is 12.4 Å². The van der Waals surface area contributed by atoms with Crippen molar-refractivity contribution in [1.29, 1.82) is 0 Å². The second-order valence-electron chi connectivity index (χ2n) is 4.12. The molecule has 2 rings (SSSR count). The number of hydrogen-bond acceptors (Lipinski definition) is 4. The summed E-state index contributed by atoms with van der Waals surface area (Å²) in [6.45, 7) is 1.93. The molecule has 0 spiro atoms. The molecule has 0 radical (unpaired) electrons. The molecule has 3 N–H and O–H groups in total. The smallest absolute Gasteiger partial charge is 0.246 e. The number of carbonyl (C=O) groups excluding carboxylic acids is 1. The van der Waals surface area contributed by atoms with Gasteiger partial charge in [0, 0.05) is 12.2 Å². The van der Waals surface area contributed by atoms with Gasteiger partial charge in [-0.25, -0.2) is 9.07 Å². The molecule has 0 atom stereocenters. The predicted octanol–water partition coefficient (Wildman–Crippen LogP) is 0.823. The maximum Gasteiger partial charge on any atom is 0.246 e. The molecule has 0 unspecified atom stereocenters. The Balaban J connectivity index is 1.98. The first-order valence-electron chi connectivity index (χ1n) is 5.73. The summed E-state index contributed by atoms with van der Waals surface area (Å²) in [7, 11) is 0. The number of benzene rings is 1. The topological polar surface area (TPSA) is 85.8 Å². The average Bonchev–Trinajstić information content (AvgIpc) is 2.81. The van der Waals surface area contributed by atoms with Crippen LogP contribution < -0.4 is 11.1 Å². The molecule has 1 aromatic heterocycles. The third-order valence-corrected chi connectivity index (χ3v) is 2.56. The molecule has 0 aliphatic heterocycles. The Morgan fingerprint density at radius 1 is 1.53 bits per heavy atom. The van der Waals surface area contributed by atoms with E-state index in [1.807, 2.05) is 0 Å². The first kappa shape index (κ1) is 13.2. The second-order valence-corrected chi connectivity index (χ2v) is 4.12. The van der Waals surface area contributed by atoms with Crippen molar-refractivity contribution in [3.63, 3.8) is 0 Å². The van der Waals surface area contributed by atoms with E-state index >= 15 is 0 Å². The quantitative estimate of drug-likeness (QED) is 0.855. The van der Waals surface area contributed by atoms with Crippen LogP contribution in [0.4, 0.5) is 10.1 Å². The van der Waals surface area contributed by atoms with E-state index in [0.717, 1.165) is 0 Å². The van der Waals surface area contributed by atoms with Gasteiger partial charge in [-0.2, -0.15) is 0 Å². The first-order valence-corrected chi connectivity index (χ1v) is 5.73. The van der Waals surface area contributed by atoms with Gasteiger partial charge in [0.05, 0.1) is 11.9 Å². The fraction of sp³-hybridized carbons (Fsp3) is 0.250. The second kappa shape index (κ2) is 5.57. The maximum atomic E-state index is 13.3. The summed E-state index contributed by atoms with van der Waals surface area (Å²) in [5.74, 6) is -0.666. The van der Waals surface area contributed by atoms with Crippen LogP contribution in [0.2, 0.25) is 0 Å². The van der Waals surface area contributed by atoms with Crippen LogP contribution in [0.5, 0.6) is 0 Å². The average molecular weight is 263 g/mol. The highest BCUT2D eigenvalue weighted by atomic mass is 19.1. The Morgan fingerprint density at radius 3 is 2.95 bits per heavy atom. The fourth-order valence-electron chi connectivity index (χ4n) is 1.53. The molecule has 0 saturated carbocycles. The molecule has 100 valence electrons. The molecule has 0 aliphatic rings. The van der Waals surface area contributed by atoms with Crippen LogP contribution in [0.3, 0.4) is 0 Å². The molecule has 0 fully saturated rings. The molecule has 0 bridgehead atoms. The van der Waals surface area contributed by atoms with Crippen LogP contribution in [0, 0.1) is 12.7 Å². The number of aryl methyl sites for hydroxylation is 1. The normalized spacial score (nSPS) is 10.5. The van der Waals surface area contributed by atoms with Crippen molar-refractivity contribution in [2.75, 3.05) is 5.32 Å². The van der Waals surface area contributed by atoms with Crippen LogP contribution in [-0.4, -0.2) is 20.9 Å². The van der Waals surface area contributed by atoms with Crippen LogP contribution in [0.1, 0.15) is 11.3 Å². The molecule has 1 heterocycles. The summed E-state index contributed by atoms with van der Waals surface area (Å²) >= 11 is 0. The Bertz CT molecular complexity index is 596. The van der Waals surface area contributed by atoms with E-state index in [9.17, 15) is 9.18 Å². The molecule has 0 aliphatic carbocycles. The molecule has 2 aromatic rings. The minimum Gasteiger partial charge on any atom is -0.325 e. The number of carbonyl (C=O) groups is 1. The Kier molecular flexibility index (Phi) is 3.86. The molecule has 6 nitrogen and oxygen atoms in total. The minimum atomic E-state index is -0.357. The standard InChI is InChI=1S/C12H14FN5O/c1-8-2-3-9(4-11(8)13)15-12(19)7-18-6-10(5-14)16-17-18/h2-4,6H,5,7,14H2,1H3,(H,15,19). The van der Waals surface area contributed by atoms with Crippen LogP contribution >= 0.6 is 0 Å². The molecular weight excluding hydrogens is 249 g/mol. The number of hydrogen-bond donors (Lipinski definition) is 2. The highest BCUT2D eigenvalue weighted by Gasteiger charge is 2.07. The predicted molar refractivity (Wildman–Crippen MR) is 67.7 cm³/mol. The monoisotopic (exact) mass is 263 g/mol. The number of anilines is 1. The Morgan fingerprint density at radius 2 is 2.32 bits per heavy atom. The number of halogens is 1. The fourth-order valence-corrected chi connectivity index (χ4v) is 1.53. The summed E-state index contributed by atoms with van der Waals surface area (Å²) in [5.41, 5.74) is 6.93. The molecular formula is C12H14FN5O. The van der Waals surface area contributed by atoms with Crippen molar-refractivity contribution in [2.45, 2.75) is 20.0 Å². The van der Waals surface area contributed by atoms with E-state index in [1.54, 1.807) is 25.3 Å². The number of amides is 1. The van der Waals surface area contributed by atoms with Crippen molar-refractivity contribution in [3.8, 4) is 0 Å². The van der Waals surface area contributed by atoms with Crippen molar-refractivity contribution in [3.05, 3.63) is 41.5 Å². The van der Waals surface area contributed by atoms with E-state index in [1.165, 1.54) is 10.7 Å². The zero-order valence-corrected chi connectivity index (χ0v) is 10.4. The van der Waals surface area contributed by atoms with Gasteiger partial charge in [-0.05, 0) is 24.6 Å². The minimum absolute atomic E-state index is 0.00248. The maximum absolute atomic E-state index is 13.3. The van der Waals surface area contributed by atoms with Gasteiger partial charge in [0.15, 0.2) is 0 Å². The third kappa shape index (κ3) is 3.35. The molecule has 0 saturated heterocycles. The SMILES string of the molecule is Cc1ccc(NC(=O)Cn2cc(CN)nn2)cc1F. The molecule has 1 amide bonds. The lowest BCUT2D eigenvalue weighted by Crippen LogP contribution is -2.19. The van der Waals surface area contributed by atoms with Crippen molar-refractivity contribution < 1.29 is 9.18 Å². The number of nitrogens with two attached hydrogens (primary N) is 1. The van der Waals surface area contributed by atoms with Gasteiger partial charge in [0.25, 0.3) is 0 Å². The van der Waals surface area contributed by atoms with Gasteiger partial charge in [0.2, 0.25) is 5.91 Å². The Hall–Kier alpha value is -2.28. The third-order valence-electron chi connectivity index (χ3n) is 2.56. The molecule has 19 heavy (non-hydrogen) atoms. The zero-order valence-electron chi connectivity index (χ0n) is 10.4. The lowest BCUT2D eigenvalue weighted by atomic mass is 10.2. The highest BCUT2D eigenvalue weighted by Crippen LogP contribution is 2.13. The van der Waals surface area contributed by atoms with E-state index in [2.05, 4.69) is 15.6 Å². The Labute approximate surface area is 109 Å². The summed E-state index contributed by atoms with van der Waals surface area (Å²) in [6.07, 6.45) is 1.59.